The first-order chi connectivity index (χ1) is 8.65. The molecular formula is C15H20N2O. The zero-order valence-corrected chi connectivity index (χ0v) is 11.2. The number of aromatic hydroxyl groups is 1. The molecule has 0 saturated heterocycles. The van der Waals surface area contributed by atoms with Crippen LogP contribution in [0.4, 0.5) is 0 Å². The molecule has 0 atom stereocenters. The van der Waals surface area contributed by atoms with Gasteiger partial charge in [-0.05, 0) is 24.5 Å². The lowest BCUT2D eigenvalue weighted by molar-refractivity contribution is 0.442. The van der Waals surface area contributed by atoms with E-state index in [1.807, 2.05) is 35.0 Å². The van der Waals surface area contributed by atoms with Crippen molar-refractivity contribution in [1.82, 2.24) is 9.78 Å². The SMILES string of the molecule is CCCc1c(O)nn(-c2ccccc2)c1C(C)C. The molecule has 0 aliphatic carbocycles. The van der Waals surface area contributed by atoms with Crippen molar-refractivity contribution < 1.29 is 5.11 Å². The maximum absolute atomic E-state index is 10.0. The van der Waals surface area contributed by atoms with Gasteiger partial charge in [0.2, 0.25) is 5.88 Å². The van der Waals surface area contributed by atoms with Crippen molar-refractivity contribution in [2.24, 2.45) is 0 Å². The first-order valence-electron chi connectivity index (χ1n) is 6.51. The van der Waals surface area contributed by atoms with Gasteiger partial charge in [-0.3, -0.25) is 0 Å². The van der Waals surface area contributed by atoms with E-state index in [1.165, 1.54) is 0 Å². The molecule has 0 spiro atoms. The predicted molar refractivity (Wildman–Crippen MR) is 73.3 cm³/mol. The van der Waals surface area contributed by atoms with Crippen molar-refractivity contribution in [3.63, 3.8) is 0 Å². The number of aromatic nitrogens is 2. The minimum Gasteiger partial charge on any atom is -0.492 e. The van der Waals surface area contributed by atoms with Gasteiger partial charge in [0.05, 0.1) is 11.4 Å². The first kappa shape index (κ1) is 12.7. The number of rotatable bonds is 4. The molecule has 1 aromatic carbocycles. The summed E-state index contributed by atoms with van der Waals surface area (Å²) < 4.78 is 1.87. The zero-order chi connectivity index (χ0) is 13.1. The Kier molecular flexibility index (Phi) is 3.70. The summed E-state index contributed by atoms with van der Waals surface area (Å²) in [6.45, 7) is 6.38. The van der Waals surface area contributed by atoms with E-state index in [1.54, 1.807) is 0 Å². The van der Waals surface area contributed by atoms with Crippen molar-refractivity contribution in [2.75, 3.05) is 0 Å². The molecule has 2 aromatic rings. The summed E-state index contributed by atoms with van der Waals surface area (Å²) in [5, 5.41) is 14.3. The number of hydrogen-bond donors (Lipinski definition) is 1. The van der Waals surface area contributed by atoms with E-state index in [0.29, 0.717) is 5.92 Å². The quantitative estimate of drug-likeness (QED) is 0.891. The van der Waals surface area contributed by atoms with E-state index in [-0.39, 0.29) is 5.88 Å². The third kappa shape index (κ3) is 2.26. The normalized spacial score (nSPS) is 11.1. The zero-order valence-electron chi connectivity index (χ0n) is 11.2. The minimum atomic E-state index is 0.171. The Balaban J connectivity index is 2.58. The molecule has 0 bridgehead atoms. The summed E-state index contributed by atoms with van der Waals surface area (Å²) in [4.78, 5) is 0. The first-order valence-corrected chi connectivity index (χ1v) is 6.51. The van der Waals surface area contributed by atoms with E-state index in [9.17, 15) is 5.11 Å². The second-order valence-electron chi connectivity index (χ2n) is 4.84. The Labute approximate surface area is 108 Å². The second-order valence-corrected chi connectivity index (χ2v) is 4.84. The van der Waals surface area contributed by atoms with Crippen LogP contribution in [0.5, 0.6) is 5.88 Å². The van der Waals surface area contributed by atoms with E-state index in [0.717, 1.165) is 29.8 Å². The average Bonchev–Trinajstić information content (AvgIpc) is 2.69. The molecule has 1 aromatic heterocycles. The molecule has 0 unspecified atom stereocenters. The number of hydrogen-bond acceptors (Lipinski definition) is 2. The summed E-state index contributed by atoms with van der Waals surface area (Å²) in [5.41, 5.74) is 3.09. The number of nitrogens with zero attached hydrogens (tertiary/aromatic N) is 2. The standard InChI is InChI=1S/C15H20N2O/c1-4-8-13-14(11(2)3)17(16-15(13)18)12-9-6-5-7-10-12/h5-7,9-11H,4,8H2,1-3H3,(H,16,18). The molecule has 96 valence electrons. The van der Waals surface area contributed by atoms with Crippen LogP contribution in [0.15, 0.2) is 30.3 Å². The lowest BCUT2D eigenvalue weighted by Crippen LogP contribution is -2.05. The van der Waals surface area contributed by atoms with Crippen LogP contribution in [-0.4, -0.2) is 14.9 Å². The van der Waals surface area contributed by atoms with E-state index in [2.05, 4.69) is 25.9 Å². The fourth-order valence-corrected chi connectivity index (χ4v) is 2.30. The molecule has 18 heavy (non-hydrogen) atoms. The maximum Gasteiger partial charge on any atom is 0.234 e. The highest BCUT2D eigenvalue weighted by atomic mass is 16.3. The number of para-hydroxylation sites is 1. The average molecular weight is 244 g/mol. The van der Waals surface area contributed by atoms with Gasteiger partial charge in [-0.15, -0.1) is 5.10 Å². The van der Waals surface area contributed by atoms with Gasteiger partial charge in [-0.1, -0.05) is 45.4 Å². The molecule has 1 heterocycles. The molecule has 2 rings (SSSR count). The van der Waals surface area contributed by atoms with Gasteiger partial charge in [0, 0.05) is 5.56 Å². The van der Waals surface area contributed by atoms with Crippen LogP contribution in [0.1, 0.15) is 44.4 Å². The van der Waals surface area contributed by atoms with Crippen LogP contribution < -0.4 is 0 Å². The van der Waals surface area contributed by atoms with Gasteiger partial charge in [0.25, 0.3) is 0 Å². The van der Waals surface area contributed by atoms with Crippen LogP contribution in [-0.2, 0) is 6.42 Å². The molecule has 0 fully saturated rings. The molecule has 0 radical (unpaired) electrons. The Morgan fingerprint density at radius 2 is 1.89 bits per heavy atom. The Morgan fingerprint density at radius 1 is 1.22 bits per heavy atom. The lowest BCUT2D eigenvalue weighted by atomic mass is 10.0. The fourth-order valence-electron chi connectivity index (χ4n) is 2.30. The lowest BCUT2D eigenvalue weighted by Gasteiger charge is -2.12. The molecule has 3 nitrogen and oxygen atoms in total. The van der Waals surface area contributed by atoms with Gasteiger partial charge in [0.15, 0.2) is 0 Å². The predicted octanol–water partition coefficient (Wildman–Crippen LogP) is 3.65. The van der Waals surface area contributed by atoms with Crippen molar-refractivity contribution in [1.29, 1.82) is 0 Å². The van der Waals surface area contributed by atoms with Gasteiger partial charge in [-0.2, -0.15) is 0 Å². The molecule has 0 amide bonds. The molecular weight excluding hydrogens is 224 g/mol. The monoisotopic (exact) mass is 244 g/mol. The largest absolute Gasteiger partial charge is 0.492 e. The van der Waals surface area contributed by atoms with Crippen molar-refractivity contribution in [2.45, 2.75) is 39.5 Å². The molecule has 0 aliphatic rings. The Morgan fingerprint density at radius 3 is 2.44 bits per heavy atom. The topological polar surface area (TPSA) is 38.1 Å². The third-order valence-electron chi connectivity index (χ3n) is 3.05. The maximum atomic E-state index is 10.0. The van der Waals surface area contributed by atoms with Crippen LogP contribution in [0.25, 0.3) is 5.69 Å². The van der Waals surface area contributed by atoms with Gasteiger partial charge in [-0.25, -0.2) is 4.68 Å². The fraction of sp³-hybridized carbons (Fsp3) is 0.400. The molecule has 0 aliphatic heterocycles. The van der Waals surface area contributed by atoms with E-state index >= 15 is 0 Å². The molecule has 0 saturated carbocycles. The second kappa shape index (κ2) is 5.25. The van der Waals surface area contributed by atoms with Crippen molar-refractivity contribution >= 4 is 0 Å². The van der Waals surface area contributed by atoms with Gasteiger partial charge >= 0.3 is 0 Å². The molecule has 3 heteroatoms. The summed E-state index contributed by atoms with van der Waals surface area (Å²) >= 11 is 0. The Bertz CT molecular complexity index is 515. The van der Waals surface area contributed by atoms with Crippen molar-refractivity contribution in [3.8, 4) is 11.6 Å². The molecule has 1 N–H and O–H groups in total. The van der Waals surface area contributed by atoms with E-state index < -0.39 is 0 Å². The minimum absolute atomic E-state index is 0.171. The summed E-state index contributed by atoms with van der Waals surface area (Å²) in [5.74, 6) is 0.504. The van der Waals surface area contributed by atoms with Gasteiger partial charge < -0.3 is 5.11 Å². The summed E-state index contributed by atoms with van der Waals surface area (Å²) in [6.07, 6.45) is 1.87. The highest BCUT2D eigenvalue weighted by Gasteiger charge is 2.19. The highest BCUT2D eigenvalue weighted by molar-refractivity contribution is 5.41. The van der Waals surface area contributed by atoms with Crippen LogP contribution in [0.3, 0.4) is 0 Å². The van der Waals surface area contributed by atoms with Crippen molar-refractivity contribution in [3.05, 3.63) is 41.6 Å². The van der Waals surface area contributed by atoms with Crippen LogP contribution in [0, 0.1) is 0 Å². The summed E-state index contributed by atoms with van der Waals surface area (Å²) in [6, 6.07) is 9.96. The third-order valence-corrected chi connectivity index (χ3v) is 3.05. The smallest absolute Gasteiger partial charge is 0.234 e. The van der Waals surface area contributed by atoms with Crippen LogP contribution in [0.2, 0.25) is 0 Å². The van der Waals surface area contributed by atoms with Gasteiger partial charge in [0.1, 0.15) is 0 Å². The number of benzene rings is 1. The van der Waals surface area contributed by atoms with Crippen LogP contribution >= 0.6 is 0 Å². The summed E-state index contributed by atoms with van der Waals surface area (Å²) in [7, 11) is 0. The Hall–Kier alpha value is -1.77. The highest BCUT2D eigenvalue weighted by Crippen LogP contribution is 2.30. The van der Waals surface area contributed by atoms with E-state index in [4.69, 9.17) is 0 Å².